The lowest BCUT2D eigenvalue weighted by atomic mass is 9.48. The molecule has 2 aromatic carbocycles. The van der Waals surface area contributed by atoms with Gasteiger partial charge in [0.2, 0.25) is 5.91 Å². The van der Waals surface area contributed by atoms with Gasteiger partial charge >= 0.3 is 0 Å². The van der Waals surface area contributed by atoms with Crippen molar-refractivity contribution in [2.75, 3.05) is 12.4 Å². The predicted molar refractivity (Wildman–Crippen MR) is 122 cm³/mol. The van der Waals surface area contributed by atoms with Crippen LogP contribution in [0.1, 0.15) is 44.9 Å². The molecule has 1 heterocycles. The number of hydrogen-bond donors (Lipinski definition) is 1. The number of rotatable bonds is 4. The number of carbonyl (C=O) groups excluding carboxylic acids is 1. The Kier molecular flexibility index (Phi) is 4.05. The van der Waals surface area contributed by atoms with Crippen LogP contribution in [0.25, 0.3) is 21.9 Å². The summed E-state index contributed by atoms with van der Waals surface area (Å²) in [4.78, 5) is 13.2. The molecule has 7 rings (SSSR count). The Labute approximate surface area is 184 Å². The van der Waals surface area contributed by atoms with Crippen LogP contribution in [0.4, 0.5) is 5.69 Å². The Morgan fingerprint density at radius 3 is 2.63 bits per heavy atom. The van der Waals surface area contributed by atoms with Gasteiger partial charge < -0.3 is 14.5 Å². The van der Waals surface area contributed by atoms with E-state index in [1.165, 1.54) is 32.1 Å². The van der Waals surface area contributed by atoms with Gasteiger partial charge in [-0.3, -0.25) is 4.79 Å². The summed E-state index contributed by atoms with van der Waals surface area (Å²) in [6.45, 7) is 0. The Bertz CT molecular complexity index is 1150. The molecular formula is C25H26BrNO3. The normalized spacial score (nSPS) is 32.1. The molecular weight excluding hydrogens is 442 g/mol. The molecule has 0 aliphatic heterocycles. The highest BCUT2D eigenvalue weighted by atomic mass is 79.9. The van der Waals surface area contributed by atoms with Gasteiger partial charge in [0.15, 0.2) is 0 Å². The number of ether oxygens (including phenoxy) is 1. The highest BCUT2D eigenvalue weighted by Crippen LogP contribution is 2.65. The number of para-hydroxylation sites is 1. The average molecular weight is 468 g/mol. The average Bonchev–Trinajstić information content (AvgIpc) is 3.02. The van der Waals surface area contributed by atoms with Crippen molar-refractivity contribution >= 4 is 49.5 Å². The number of anilines is 1. The maximum absolute atomic E-state index is 13.2. The van der Waals surface area contributed by atoms with Gasteiger partial charge in [0.1, 0.15) is 16.9 Å². The lowest BCUT2D eigenvalue weighted by molar-refractivity contribution is -0.123. The van der Waals surface area contributed by atoms with Crippen molar-refractivity contribution in [3.05, 3.63) is 36.4 Å². The third-order valence-electron chi connectivity index (χ3n) is 7.62. The molecule has 2 unspecified atom stereocenters. The number of furan rings is 1. The SMILES string of the molecule is COc1cc2c(cc1NC(=O)CC13CC4CC(CC(Br)(C4)C1)C3)oc1ccccc12. The fraction of sp³-hybridized carbons (Fsp3) is 0.480. The fourth-order valence-electron chi connectivity index (χ4n) is 7.10. The van der Waals surface area contributed by atoms with E-state index in [0.717, 1.165) is 40.2 Å². The molecule has 156 valence electrons. The van der Waals surface area contributed by atoms with Crippen molar-refractivity contribution in [1.29, 1.82) is 0 Å². The van der Waals surface area contributed by atoms with Crippen LogP contribution >= 0.6 is 15.9 Å². The van der Waals surface area contributed by atoms with E-state index in [9.17, 15) is 4.79 Å². The zero-order chi connectivity index (χ0) is 20.5. The molecule has 4 saturated carbocycles. The summed E-state index contributed by atoms with van der Waals surface area (Å²) in [5, 5.41) is 5.20. The molecule has 2 atom stereocenters. The molecule has 0 radical (unpaired) electrons. The summed E-state index contributed by atoms with van der Waals surface area (Å²) in [6.07, 6.45) is 8.03. The number of halogens is 1. The Balaban J connectivity index is 1.29. The van der Waals surface area contributed by atoms with Crippen LogP contribution in [0.3, 0.4) is 0 Å². The smallest absolute Gasteiger partial charge is 0.225 e. The quantitative estimate of drug-likeness (QED) is 0.436. The van der Waals surface area contributed by atoms with Crippen LogP contribution in [-0.4, -0.2) is 17.3 Å². The van der Waals surface area contributed by atoms with E-state index >= 15 is 0 Å². The molecule has 4 fully saturated rings. The number of fused-ring (bicyclic) bond motifs is 3. The summed E-state index contributed by atoms with van der Waals surface area (Å²) < 4.78 is 11.9. The minimum Gasteiger partial charge on any atom is -0.495 e. The molecule has 5 heteroatoms. The van der Waals surface area contributed by atoms with E-state index in [4.69, 9.17) is 9.15 Å². The van der Waals surface area contributed by atoms with Gasteiger partial charge in [-0.25, -0.2) is 0 Å². The summed E-state index contributed by atoms with van der Waals surface area (Å²) in [5.41, 5.74) is 2.44. The summed E-state index contributed by atoms with van der Waals surface area (Å²) in [6, 6.07) is 11.8. The van der Waals surface area contributed by atoms with Crippen LogP contribution in [0.2, 0.25) is 0 Å². The lowest BCUT2D eigenvalue weighted by Crippen LogP contribution is -2.53. The first-order chi connectivity index (χ1) is 14.4. The van der Waals surface area contributed by atoms with Gasteiger partial charge in [-0.1, -0.05) is 34.1 Å². The topological polar surface area (TPSA) is 51.5 Å². The molecule has 4 bridgehead atoms. The molecule has 4 aliphatic carbocycles. The zero-order valence-electron chi connectivity index (χ0n) is 17.2. The summed E-state index contributed by atoms with van der Waals surface area (Å²) in [7, 11) is 1.65. The van der Waals surface area contributed by atoms with Crippen LogP contribution in [0, 0.1) is 17.3 Å². The maximum atomic E-state index is 13.2. The maximum Gasteiger partial charge on any atom is 0.225 e. The monoisotopic (exact) mass is 467 g/mol. The molecule has 1 amide bonds. The predicted octanol–water partition coefficient (Wildman–Crippen LogP) is 6.66. The standard InChI is InChI=1S/C25H26BrNO3/c1-29-22-7-18-17-4-2-3-5-20(17)30-21(18)8-19(22)27-23(28)13-24-9-15-6-16(10-24)12-25(26,11-15)14-24/h2-5,7-8,15-16H,6,9-14H2,1H3,(H,27,28). The van der Waals surface area contributed by atoms with Gasteiger partial charge in [0.25, 0.3) is 0 Å². The number of nitrogens with one attached hydrogen (secondary N) is 1. The first-order valence-corrected chi connectivity index (χ1v) is 11.7. The van der Waals surface area contributed by atoms with Gasteiger partial charge in [-0.2, -0.15) is 0 Å². The molecule has 0 saturated heterocycles. The third-order valence-corrected chi connectivity index (χ3v) is 8.55. The van der Waals surface area contributed by atoms with Crippen LogP contribution in [-0.2, 0) is 4.79 Å². The van der Waals surface area contributed by atoms with Crippen molar-refractivity contribution in [3.8, 4) is 5.75 Å². The highest BCUT2D eigenvalue weighted by molar-refractivity contribution is 9.10. The van der Waals surface area contributed by atoms with E-state index in [1.807, 2.05) is 36.4 Å². The van der Waals surface area contributed by atoms with Crippen LogP contribution in [0.5, 0.6) is 5.75 Å². The van der Waals surface area contributed by atoms with Gasteiger partial charge in [0, 0.05) is 27.6 Å². The molecule has 30 heavy (non-hydrogen) atoms. The number of hydrogen-bond acceptors (Lipinski definition) is 3. The summed E-state index contributed by atoms with van der Waals surface area (Å²) >= 11 is 4.05. The Morgan fingerprint density at radius 1 is 1.13 bits per heavy atom. The van der Waals surface area contributed by atoms with E-state index in [1.54, 1.807) is 7.11 Å². The van der Waals surface area contributed by atoms with E-state index < -0.39 is 0 Å². The van der Waals surface area contributed by atoms with Gasteiger partial charge in [-0.15, -0.1) is 0 Å². The number of methoxy groups -OCH3 is 1. The van der Waals surface area contributed by atoms with Gasteiger partial charge in [-0.05, 0) is 67.9 Å². The van der Waals surface area contributed by atoms with Gasteiger partial charge in [0.05, 0.1) is 12.8 Å². The molecule has 1 N–H and O–H groups in total. The van der Waals surface area contributed by atoms with Crippen LogP contribution < -0.4 is 10.1 Å². The molecule has 0 spiro atoms. The number of carbonyl (C=O) groups is 1. The second-order valence-electron chi connectivity index (χ2n) is 9.98. The minimum absolute atomic E-state index is 0.0850. The number of benzene rings is 2. The first kappa shape index (κ1) is 18.7. The summed E-state index contributed by atoms with van der Waals surface area (Å²) in [5.74, 6) is 2.31. The number of amides is 1. The largest absolute Gasteiger partial charge is 0.495 e. The van der Waals surface area contributed by atoms with E-state index in [2.05, 4.69) is 21.2 Å². The molecule has 4 nitrogen and oxygen atoms in total. The van der Waals surface area contributed by atoms with E-state index in [-0.39, 0.29) is 15.6 Å². The Hall–Kier alpha value is -2.01. The van der Waals surface area contributed by atoms with Crippen LogP contribution in [0.15, 0.2) is 40.8 Å². The molecule has 3 aromatic rings. The fourth-order valence-corrected chi connectivity index (χ4v) is 8.61. The molecule has 4 aliphatic rings. The zero-order valence-corrected chi connectivity index (χ0v) is 18.8. The second-order valence-corrected chi connectivity index (χ2v) is 11.7. The van der Waals surface area contributed by atoms with Crippen molar-refractivity contribution in [3.63, 3.8) is 0 Å². The third kappa shape index (κ3) is 2.96. The van der Waals surface area contributed by atoms with Crippen molar-refractivity contribution in [2.24, 2.45) is 17.3 Å². The minimum atomic E-state index is 0.0850. The van der Waals surface area contributed by atoms with Crippen molar-refractivity contribution in [1.82, 2.24) is 0 Å². The van der Waals surface area contributed by atoms with Crippen molar-refractivity contribution < 1.29 is 13.9 Å². The van der Waals surface area contributed by atoms with E-state index in [0.29, 0.717) is 17.9 Å². The van der Waals surface area contributed by atoms with Crippen molar-refractivity contribution in [2.45, 2.75) is 49.3 Å². The molecule has 1 aromatic heterocycles. The first-order valence-electron chi connectivity index (χ1n) is 10.9. The Morgan fingerprint density at radius 2 is 1.90 bits per heavy atom. The number of alkyl halides is 1. The highest BCUT2D eigenvalue weighted by Gasteiger charge is 2.57. The second kappa shape index (κ2) is 6.49. The lowest BCUT2D eigenvalue weighted by Gasteiger charge is -2.60.